The Balaban J connectivity index is 1.38. The molecular formula is C23H26N4O5. The highest BCUT2D eigenvalue weighted by Crippen LogP contribution is 2.28. The van der Waals surface area contributed by atoms with Crippen LogP contribution in [-0.2, 0) is 23.1 Å². The summed E-state index contributed by atoms with van der Waals surface area (Å²) < 4.78 is 18.2. The number of fused-ring (bicyclic) bond motifs is 1. The smallest absolute Gasteiger partial charge is 0.260 e. The van der Waals surface area contributed by atoms with Crippen molar-refractivity contribution in [2.75, 3.05) is 40.0 Å². The van der Waals surface area contributed by atoms with Gasteiger partial charge in [-0.15, -0.1) is 0 Å². The summed E-state index contributed by atoms with van der Waals surface area (Å²) in [6.45, 7) is 2.38. The first-order valence-electron chi connectivity index (χ1n) is 10.4. The molecule has 2 amide bonds. The summed E-state index contributed by atoms with van der Waals surface area (Å²) in [6, 6.07) is 12.7. The van der Waals surface area contributed by atoms with Crippen LogP contribution in [-0.4, -0.2) is 66.3 Å². The van der Waals surface area contributed by atoms with E-state index in [1.165, 1.54) is 7.11 Å². The molecule has 1 aliphatic rings. The third kappa shape index (κ3) is 4.67. The molecule has 9 heteroatoms. The zero-order valence-corrected chi connectivity index (χ0v) is 18.2. The van der Waals surface area contributed by atoms with E-state index in [1.807, 2.05) is 35.9 Å². The first-order valence-corrected chi connectivity index (χ1v) is 10.4. The van der Waals surface area contributed by atoms with Crippen LogP contribution in [0.5, 0.6) is 11.5 Å². The zero-order valence-electron chi connectivity index (χ0n) is 18.2. The van der Waals surface area contributed by atoms with Gasteiger partial charge in [-0.25, -0.2) is 4.98 Å². The number of para-hydroxylation sites is 2. The number of amides is 2. The van der Waals surface area contributed by atoms with Crippen molar-refractivity contribution in [3.05, 3.63) is 53.9 Å². The molecule has 168 valence electrons. The van der Waals surface area contributed by atoms with Gasteiger partial charge in [-0.1, -0.05) is 12.1 Å². The predicted molar refractivity (Wildman–Crippen MR) is 118 cm³/mol. The van der Waals surface area contributed by atoms with E-state index in [2.05, 4.69) is 10.3 Å². The number of hydrogen-bond acceptors (Lipinski definition) is 6. The van der Waals surface area contributed by atoms with E-state index in [4.69, 9.17) is 14.2 Å². The van der Waals surface area contributed by atoms with Crippen LogP contribution in [0.4, 0.5) is 0 Å². The molecule has 0 atom stereocenters. The number of methoxy groups -OCH3 is 1. The molecule has 1 aliphatic heterocycles. The average Bonchev–Trinajstić information content (AvgIpc) is 3.17. The van der Waals surface area contributed by atoms with Crippen LogP contribution in [0.25, 0.3) is 11.0 Å². The van der Waals surface area contributed by atoms with Crippen LogP contribution in [0.3, 0.4) is 0 Å². The van der Waals surface area contributed by atoms with Crippen molar-refractivity contribution >= 4 is 22.8 Å². The first-order chi connectivity index (χ1) is 15.6. The Labute approximate surface area is 185 Å². The molecule has 3 aromatic rings. The molecule has 1 saturated heterocycles. The van der Waals surface area contributed by atoms with E-state index >= 15 is 0 Å². The summed E-state index contributed by atoms with van der Waals surface area (Å²) >= 11 is 0. The minimum absolute atomic E-state index is 0.103. The Bertz CT molecular complexity index is 1120. The van der Waals surface area contributed by atoms with Crippen molar-refractivity contribution in [1.29, 1.82) is 0 Å². The fourth-order valence-corrected chi connectivity index (χ4v) is 3.59. The molecule has 0 spiro atoms. The van der Waals surface area contributed by atoms with E-state index in [9.17, 15) is 9.59 Å². The van der Waals surface area contributed by atoms with Crippen LogP contribution >= 0.6 is 0 Å². The Kier molecular flexibility index (Phi) is 6.55. The molecule has 1 fully saturated rings. The van der Waals surface area contributed by atoms with Crippen LogP contribution in [0.2, 0.25) is 0 Å². The largest absolute Gasteiger partial charge is 0.493 e. The number of benzene rings is 2. The lowest BCUT2D eigenvalue weighted by Gasteiger charge is -2.26. The molecule has 0 saturated carbocycles. The molecule has 2 heterocycles. The number of nitrogens with zero attached hydrogens (tertiary/aromatic N) is 3. The first kappa shape index (κ1) is 21.6. The third-order valence-electron chi connectivity index (χ3n) is 5.43. The van der Waals surface area contributed by atoms with Gasteiger partial charge in [-0.2, -0.15) is 0 Å². The fraction of sp³-hybridized carbons (Fsp3) is 0.348. The molecule has 1 aromatic heterocycles. The van der Waals surface area contributed by atoms with Gasteiger partial charge in [0.2, 0.25) is 0 Å². The average molecular weight is 438 g/mol. The summed E-state index contributed by atoms with van der Waals surface area (Å²) in [5, 5.41) is 2.89. The Morgan fingerprint density at radius 3 is 2.66 bits per heavy atom. The van der Waals surface area contributed by atoms with Crippen molar-refractivity contribution in [3.63, 3.8) is 0 Å². The highest BCUT2D eigenvalue weighted by Gasteiger charge is 2.19. The van der Waals surface area contributed by atoms with Crippen molar-refractivity contribution in [1.82, 2.24) is 19.8 Å². The van der Waals surface area contributed by atoms with Crippen molar-refractivity contribution in [3.8, 4) is 11.5 Å². The molecule has 4 rings (SSSR count). The summed E-state index contributed by atoms with van der Waals surface area (Å²) in [5.41, 5.74) is 2.31. The molecule has 9 nitrogen and oxygen atoms in total. The number of imidazole rings is 1. The molecule has 2 aromatic carbocycles. The Morgan fingerprint density at radius 2 is 1.91 bits per heavy atom. The quantitative estimate of drug-likeness (QED) is 0.604. The van der Waals surface area contributed by atoms with Crippen LogP contribution in [0, 0.1) is 0 Å². The second-order valence-corrected chi connectivity index (χ2v) is 7.41. The maximum atomic E-state index is 12.7. The zero-order chi connectivity index (χ0) is 22.5. The lowest BCUT2D eigenvalue weighted by atomic mass is 10.2. The molecule has 0 aliphatic carbocycles. The summed E-state index contributed by atoms with van der Waals surface area (Å²) in [5.74, 6) is 1.18. The fourth-order valence-electron chi connectivity index (χ4n) is 3.59. The lowest BCUT2D eigenvalue weighted by Crippen LogP contribution is -2.43. The van der Waals surface area contributed by atoms with Gasteiger partial charge in [-0.3, -0.25) is 9.59 Å². The van der Waals surface area contributed by atoms with Gasteiger partial charge in [0.05, 0.1) is 37.9 Å². The number of morpholine rings is 1. The van der Waals surface area contributed by atoms with Gasteiger partial charge < -0.3 is 29.0 Å². The van der Waals surface area contributed by atoms with Gasteiger partial charge in [0.15, 0.2) is 18.1 Å². The summed E-state index contributed by atoms with van der Waals surface area (Å²) in [6.07, 6.45) is 0. The van der Waals surface area contributed by atoms with Gasteiger partial charge in [0.1, 0.15) is 5.82 Å². The highest BCUT2D eigenvalue weighted by molar-refractivity contribution is 5.94. The summed E-state index contributed by atoms with van der Waals surface area (Å²) in [4.78, 5) is 31.2. The number of aryl methyl sites for hydroxylation is 1. The lowest BCUT2D eigenvalue weighted by molar-refractivity contribution is -0.137. The maximum absolute atomic E-state index is 12.7. The van der Waals surface area contributed by atoms with Gasteiger partial charge in [-0.05, 0) is 30.3 Å². The summed E-state index contributed by atoms with van der Waals surface area (Å²) in [7, 11) is 3.41. The van der Waals surface area contributed by atoms with E-state index < -0.39 is 0 Å². The normalized spacial score (nSPS) is 13.8. The number of rotatable bonds is 7. The second kappa shape index (κ2) is 9.69. The maximum Gasteiger partial charge on any atom is 0.260 e. The second-order valence-electron chi connectivity index (χ2n) is 7.41. The molecule has 0 radical (unpaired) electrons. The topological polar surface area (TPSA) is 94.9 Å². The molecule has 1 N–H and O–H groups in total. The van der Waals surface area contributed by atoms with Crippen molar-refractivity contribution < 1.29 is 23.8 Å². The van der Waals surface area contributed by atoms with Crippen molar-refractivity contribution in [2.45, 2.75) is 6.54 Å². The predicted octanol–water partition coefficient (Wildman–Crippen LogP) is 1.75. The Hall–Kier alpha value is -3.59. The standard InChI is InChI=1S/C23H26N4O5/c1-26-18-6-4-3-5-17(18)25-21(26)14-24-23(29)16-7-8-19(20(13-16)30-2)32-15-22(28)27-9-11-31-12-10-27/h3-8,13H,9-12,14-15H2,1-2H3,(H,24,29). The van der Waals surface area contributed by atoms with E-state index in [1.54, 1.807) is 23.1 Å². The third-order valence-corrected chi connectivity index (χ3v) is 5.43. The molecule has 0 bridgehead atoms. The Morgan fingerprint density at radius 1 is 1.12 bits per heavy atom. The monoisotopic (exact) mass is 438 g/mol. The van der Waals surface area contributed by atoms with E-state index in [0.29, 0.717) is 49.9 Å². The molecular weight excluding hydrogens is 412 g/mol. The number of hydrogen-bond donors (Lipinski definition) is 1. The molecule has 0 unspecified atom stereocenters. The van der Waals surface area contributed by atoms with Crippen molar-refractivity contribution in [2.24, 2.45) is 7.05 Å². The van der Waals surface area contributed by atoms with E-state index in [0.717, 1.165) is 16.9 Å². The van der Waals surface area contributed by atoms with E-state index in [-0.39, 0.29) is 18.4 Å². The van der Waals surface area contributed by atoms with Crippen LogP contribution < -0.4 is 14.8 Å². The number of nitrogens with one attached hydrogen (secondary N) is 1. The van der Waals surface area contributed by atoms with Crippen LogP contribution in [0.15, 0.2) is 42.5 Å². The number of aromatic nitrogens is 2. The van der Waals surface area contributed by atoms with Gasteiger partial charge >= 0.3 is 0 Å². The number of ether oxygens (including phenoxy) is 3. The highest BCUT2D eigenvalue weighted by atomic mass is 16.5. The minimum atomic E-state index is -0.258. The number of carbonyl (C=O) groups is 2. The van der Waals surface area contributed by atoms with Gasteiger partial charge in [0.25, 0.3) is 11.8 Å². The SMILES string of the molecule is COc1cc(C(=O)NCc2nc3ccccc3n2C)ccc1OCC(=O)N1CCOCC1. The van der Waals surface area contributed by atoms with Crippen LogP contribution in [0.1, 0.15) is 16.2 Å². The molecule has 32 heavy (non-hydrogen) atoms. The van der Waals surface area contributed by atoms with Gasteiger partial charge in [0, 0.05) is 25.7 Å². The minimum Gasteiger partial charge on any atom is -0.493 e. The number of carbonyl (C=O) groups excluding carboxylic acids is 2.